The SMILES string of the molecule is Cc1ccc(NC(=O)[C@@H](C)Sc2nnc(-c3ccccc3)c3ccccc23)cc1. The number of thioether (sulfide) groups is 1. The zero-order valence-corrected chi connectivity index (χ0v) is 17.1. The molecule has 5 heteroatoms. The van der Waals surface area contributed by atoms with E-state index in [4.69, 9.17) is 0 Å². The molecule has 4 rings (SSSR count). The molecule has 0 radical (unpaired) electrons. The molecule has 0 unspecified atom stereocenters. The van der Waals surface area contributed by atoms with E-state index in [2.05, 4.69) is 15.5 Å². The molecule has 1 aromatic heterocycles. The molecular formula is C24H21N3OS. The van der Waals surface area contributed by atoms with Crippen molar-refractivity contribution in [3.05, 3.63) is 84.4 Å². The van der Waals surface area contributed by atoms with Gasteiger partial charge in [-0.05, 0) is 26.0 Å². The molecule has 0 aliphatic carbocycles. The zero-order valence-electron chi connectivity index (χ0n) is 16.3. The summed E-state index contributed by atoms with van der Waals surface area (Å²) < 4.78 is 0. The van der Waals surface area contributed by atoms with Crippen LogP contribution in [0.1, 0.15) is 12.5 Å². The third-order valence-corrected chi connectivity index (χ3v) is 5.77. The molecule has 0 bridgehead atoms. The van der Waals surface area contributed by atoms with Gasteiger partial charge in [-0.15, -0.1) is 10.2 Å². The summed E-state index contributed by atoms with van der Waals surface area (Å²) in [6.07, 6.45) is 0. The number of fused-ring (bicyclic) bond motifs is 1. The fourth-order valence-electron chi connectivity index (χ4n) is 3.08. The molecule has 0 spiro atoms. The lowest BCUT2D eigenvalue weighted by atomic mass is 10.1. The van der Waals surface area contributed by atoms with Crippen molar-refractivity contribution in [2.75, 3.05) is 5.32 Å². The van der Waals surface area contributed by atoms with E-state index in [1.807, 2.05) is 92.7 Å². The van der Waals surface area contributed by atoms with Gasteiger partial charge in [-0.25, -0.2) is 0 Å². The fourth-order valence-corrected chi connectivity index (χ4v) is 3.97. The maximum atomic E-state index is 12.6. The molecule has 144 valence electrons. The Morgan fingerprint density at radius 3 is 2.24 bits per heavy atom. The molecule has 29 heavy (non-hydrogen) atoms. The number of rotatable bonds is 5. The van der Waals surface area contributed by atoms with Gasteiger partial charge in [-0.3, -0.25) is 4.79 Å². The van der Waals surface area contributed by atoms with Crippen molar-refractivity contribution in [1.82, 2.24) is 10.2 Å². The van der Waals surface area contributed by atoms with Crippen LogP contribution >= 0.6 is 11.8 Å². The molecule has 1 heterocycles. The number of carbonyl (C=O) groups excluding carboxylic acids is 1. The van der Waals surface area contributed by atoms with Gasteiger partial charge >= 0.3 is 0 Å². The standard InChI is InChI=1S/C24H21N3OS/c1-16-12-14-19(15-13-16)25-23(28)17(2)29-24-21-11-7-6-10-20(21)22(26-27-24)18-8-4-3-5-9-18/h3-15,17H,1-2H3,(H,25,28)/t17-/m1/s1. The molecular weight excluding hydrogens is 378 g/mol. The predicted octanol–water partition coefficient (Wildman–Crippen LogP) is 5.72. The van der Waals surface area contributed by atoms with Gasteiger partial charge < -0.3 is 5.32 Å². The molecule has 3 aromatic carbocycles. The van der Waals surface area contributed by atoms with Crippen LogP contribution in [-0.4, -0.2) is 21.4 Å². The van der Waals surface area contributed by atoms with Gasteiger partial charge in [0.25, 0.3) is 0 Å². The highest BCUT2D eigenvalue weighted by Gasteiger charge is 2.18. The first-order chi connectivity index (χ1) is 14.1. The summed E-state index contributed by atoms with van der Waals surface area (Å²) in [5, 5.41) is 14.4. The third kappa shape index (κ3) is 4.30. The van der Waals surface area contributed by atoms with Crippen molar-refractivity contribution in [2.24, 2.45) is 0 Å². The molecule has 4 aromatic rings. The van der Waals surface area contributed by atoms with E-state index in [1.165, 1.54) is 11.8 Å². The normalized spacial score (nSPS) is 11.9. The molecule has 1 amide bonds. The number of nitrogens with zero attached hydrogens (tertiary/aromatic N) is 2. The van der Waals surface area contributed by atoms with E-state index in [0.717, 1.165) is 38.3 Å². The smallest absolute Gasteiger partial charge is 0.237 e. The Kier molecular flexibility index (Phi) is 5.58. The highest BCUT2D eigenvalue weighted by Crippen LogP contribution is 2.33. The minimum absolute atomic E-state index is 0.0585. The minimum Gasteiger partial charge on any atom is -0.325 e. The van der Waals surface area contributed by atoms with E-state index in [9.17, 15) is 4.79 Å². The van der Waals surface area contributed by atoms with Crippen LogP contribution in [-0.2, 0) is 4.79 Å². The lowest BCUT2D eigenvalue weighted by Crippen LogP contribution is -2.22. The highest BCUT2D eigenvalue weighted by atomic mass is 32.2. The van der Waals surface area contributed by atoms with E-state index in [0.29, 0.717) is 0 Å². The highest BCUT2D eigenvalue weighted by molar-refractivity contribution is 8.00. The first-order valence-corrected chi connectivity index (χ1v) is 10.3. The molecule has 1 atom stereocenters. The van der Waals surface area contributed by atoms with Crippen molar-refractivity contribution in [1.29, 1.82) is 0 Å². The number of nitrogens with one attached hydrogen (secondary N) is 1. The summed E-state index contributed by atoms with van der Waals surface area (Å²) in [5.74, 6) is -0.0585. The minimum atomic E-state index is -0.309. The van der Waals surface area contributed by atoms with Gasteiger partial charge in [0.15, 0.2) is 0 Å². The second-order valence-corrected chi connectivity index (χ2v) is 8.21. The first-order valence-electron chi connectivity index (χ1n) is 9.47. The number of aryl methyl sites for hydroxylation is 1. The molecule has 0 fully saturated rings. The Hall–Kier alpha value is -3.18. The summed E-state index contributed by atoms with van der Waals surface area (Å²) >= 11 is 1.42. The number of hydrogen-bond donors (Lipinski definition) is 1. The average molecular weight is 400 g/mol. The lowest BCUT2D eigenvalue weighted by Gasteiger charge is -2.14. The van der Waals surface area contributed by atoms with Gasteiger partial charge in [0.05, 0.1) is 5.25 Å². The summed E-state index contributed by atoms with van der Waals surface area (Å²) in [6, 6.07) is 25.9. The van der Waals surface area contributed by atoms with Crippen LogP contribution in [0.25, 0.3) is 22.0 Å². The van der Waals surface area contributed by atoms with Crippen molar-refractivity contribution in [3.8, 4) is 11.3 Å². The van der Waals surface area contributed by atoms with Crippen LogP contribution in [0.15, 0.2) is 83.9 Å². The fraction of sp³-hybridized carbons (Fsp3) is 0.125. The molecule has 1 N–H and O–H groups in total. The second-order valence-electron chi connectivity index (χ2n) is 6.88. The van der Waals surface area contributed by atoms with Crippen molar-refractivity contribution >= 4 is 34.1 Å². The second kappa shape index (κ2) is 8.45. The van der Waals surface area contributed by atoms with Gasteiger partial charge in [-0.1, -0.05) is 84.1 Å². The average Bonchev–Trinajstić information content (AvgIpc) is 2.76. The lowest BCUT2D eigenvalue weighted by molar-refractivity contribution is -0.115. The monoisotopic (exact) mass is 399 g/mol. The van der Waals surface area contributed by atoms with Crippen LogP contribution in [0.3, 0.4) is 0 Å². The Bertz CT molecular complexity index is 1140. The molecule has 0 saturated carbocycles. The van der Waals surface area contributed by atoms with Crippen molar-refractivity contribution < 1.29 is 4.79 Å². The first kappa shape index (κ1) is 19.2. The number of aromatic nitrogens is 2. The van der Waals surface area contributed by atoms with Crippen molar-refractivity contribution in [3.63, 3.8) is 0 Å². The Morgan fingerprint density at radius 2 is 1.52 bits per heavy atom. The van der Waals surface area contributed by atoms with E-state index in [1.54, 1.807) is 0 Å². The van der Waals surface area contributed by atoms with Crippen LogP contribution < -0.4 is 5.32 Å². The molecule has 0 aliphatic rings. The zero-order chi connectivity index (χ0) is 20.2. The van der Waals surface area contributed by atoms with Crippen LogP contribution in [0.4, 0.5) is 5.69 Å². The number of anilines is 1. The van der Waals surface area contributed by atoms with Crippen LogP contribution in [0, 0.1) is 6.92 Å². The quantitative estimate of drug-likeness (QED) is 0.436. The molecule has 4 nitrogen and oxygen atoms in total. The van der Waals surface area contributed by atoms with E-state index in [-0.39, 0.29) is 11.2 Å². The van der Waals surface area contributed by atoms with E-state index >= 15 is 0 Å². The summed E-state index contributed by atoms with van der Waals surface area (Å²) in [6.45, 7) is 3.91. The van der Waals surface area contributed by atoms with Crippen LogP contribution in [0.2, 0.25) is 0 Å². The molecule has 0 saturated heterocycles. The maximum Gasteiger partial charge on any atom is 0.237 e. The number of carbonyl (C=O) groups is 1. The van der Waals surface area contributed by atoms with Gasteiger partial charge in [0.2, 0.25) is 5.91 Å². The molecule has 0 aliphatic heterocycles. The Labute approximate surface area is 174 Å². The topological polar surface area (TPSA) is 54.9 Å². The van der Waals surface area contributed by atoms with Gasteiger partial charge in [0, 0.05) is 22.0 Å². The predicted molar refractivity (Wildman–Crippen MR) is 120 cm³/mol. The Morgan fingerprint density at radius 1 is 0.862 bits per heavy atom. The van der Waals surface area contributed by atoms with Gasteiger partial charge in [-0.2, -0.15) is 0 Å². The number of amides is 1. The third-order valence-electron chi connectivity index (χ3n) is 4.68. The van der Waals surface area contributed by atoms with Gasteiger partial charge in [0.1, 0.15) is 10.7 Å². The summed E-state index contributed by atoms with van der Waals surface area (Å²) in [4.78, 5) is 12.6. The Balaban J connectivity index is 1.59. The maximum absolute atomic E-state index is 12.6. The summed E-state index contributed by atoms with van der Waals surface area (Å²) in [5.41, 5.74) is 3.83. The number of hydrogen-bond acceptors (Lipinski definition) is 4. The summed E-state index contributed by atoms with van der Waals surface area (Å²) in [7, 11) is 0. The number of benzene rings is 3. The van der Waals surface area contributed by atoms with Crippen LogP contribution in [0.5, 0.6) is 0 Å². The van der Waals surface area contributed by atoms with Crippen molar-refractivity contribution in [2.45, 2.75) is 24.1 Å². The largest absolute Gasteiger partial charge is 0.325 e. The van der Waals surface area contributed by atoms with E-state index < -0.39 is 0 Å².